The summed E-state index contributed by atoms with van der Waals surface area (Å²) in [6.07, 6.45) is 1.66. The van der Waals surface area contributed by atoms with Gasteiger partial charge in [0.25, 0.3) is 11.5 Å². The smallest absolute Gasteiger partial charge is 0.263 e. The molecule has 1 amide bonds. The molecular formula is C24H28N6O2. The molecule has 3 aromatic heterocycles. The van der Waals surface area contributed by atoms with Crippen LogP contribution in [0, 0.1) is 27.7 Å². The van der Waals surface area contributed by atoms with Crippen molar-refractivity contribution in [3.8, 4) is 0 Å². The van der Waals surface area contributed by atoms with Crippen molar-refractivity contribution in [1.29, 1.82) is 0 Å². The number of aromatic nitrogens is 4. The molecule has 8 heteroatoms. The summed E-state index contributed by atoms with van der Waals surface area (Å²) in [4.78, 5) is 41.6. The van der Waals surface area contributed by atoms with Crippen molar-refractivity contribution in [2.45, 2.75) is 46.6 Å². The van der Waals surface area contributed by atoms with Crippen LogP contribution in [0.3, 0.4) is 0 Å². The zero-order chi connectivity index (χ0) is 23.0. The van der Waals surface area contributed by atoms with E-state index in [4.69, 9.17) is 4.98 Å². The molecule has 0 bridgehead atoms. The Balaban J connectivity index is 1.63. The lowest BCUT2D eigenvalue weighted by Gasteiger charge is -2.25. The summed E-state index contributed by atoms with van der Waals surface area (Å²) >= 11 is 0. The molecule has 1 N–H and O–H groups in total. The lowest BCUT2D eigenvalue weighted by molar-refractivity contribution is 0.0729. The van der Waals surface area contributed by atoms with Crippen LogP contribution in [0.4, 0.5) is 11.8 Å². The number of nitrogens with one attached hydrogen (secondary N) is 1. The van der Waals surface area contributed by atoms with Crippen LogP contribution in [0.2, 0.25) is 0 Å². The van der Waals surface area contributed by atoms with E-state index in [1.54, 1.807) is 11.9 Å². The van der Waals surface area contributed by atoms with E-state index in [0.717, 1.165) is 35.6 Å². The molecule has 4 rings (SSSR count). The number of hydrogen-bond donors (Lipinski definition) is 1. The van der Waals surface area contributed by atoms with Crippen molar-refractivity contribution in [1.82, 2.24) is 24.4 Å². The van der Waals surface area contributed by atoms with Gasteiger partial charge in [-0.1, -0.05) is 6.07 Å². The number of hydrogen-bond acceptors (Lipinski definition) is 6. The Morgan fingerprint density at radius 3 is 2.50 bits per heavy atom. The van der Waals surface area contributed by atoms with Gasteiger partial charge in [-0.15, -0.1) is 0 Å². The van der Waals surface area contributed by atoms with E-state index >= 15 is 0 Å². The minimum Gasteiger partial charge on any atom is -0.330 e. The normalized spacial score (nSPS) is 15.8. The Labute approximate surface area is 187 Å². The Bertz CT molecular complexity index is 1230. The van der Waals surface area contributed by atoms with E-state index in [9.17, 15) is 9.59 Å². The van der Waals surface area contributed by atoms with E-state index in [0.29, 0.717) is 23.9 Å². The maximum Gasteiger partial charge on any atom is 0.263 e. The molecule has 0 aromatic carbocycles. The van der Waals surface area contributed by atoms with Crippen molar-refractivity contribution in [3.63, 3.8) is 0 Å². The van der Waals surface area contributed by atoms with Crippen LogP contribution in [-0.4, -0.2) is 36.9 Å². The molecule has 1 aliphatic rings. The fraction of sp³-hybridized carbons (Fsp3) is 0.375. The zero-order valence-electron chi connectivity index (χ0n) is 19.1. The number of aryl methyl sites for hydroxylation is 4. The number of carbonyl (C=O) groups is 1. The van der Waals surface area contributed by atoms with E-state index < -0.39 is 0 Å². The van der Waals surface area contributed by atoms with Gasteiger partial charge in [0.05, 0.1) is 11.7 Å². The van der Waals surface area contributed by atoms with Gasteiger partial charge in [0.1, 0.15) is 11.4 Å². The molecule has 0 saturated carbocycles. The highest BCUT2D eigenvalue weighted by molar-refractivity contribution is 5.95. The van der Waals surface area contributed by atoms with E-state index in [-0.39, 0.29) is 23.1 Å². The summed E-state index contributed by atoms with van der Waals surface area (Å²) < 4.78 is 1.53. The first kappa shape index (κ1) is 21.7. The predicted molar refractivity (Wildman–Crippen MR) is 123 cm³/mol. The van der Waals surface area contributed by atoms with Gasteiger partial charge in [-0.05, 0) is 70.4 Å². The maximum absolute atomic E-state index is 13.4. The summed E-state index contributed by atoms with van der Waals surface area (Å²) in [6.45, 7) is 8.12. The van der Waals surface area contributed by atoms with Gasteiger partial charge in [-0.2, -0.15) is 0 Å². The van der Waals surface area contributed by atoms with Crippen molar-refractivity contribution < 1.29 is 4.79 Å². The lowest BCUT2D eigenvalue weighted by Crippen LogP contribution is -2.37. The summed E-state index contributed by atoms with van der Waals surface area (Å²) in [7, 11) is 1.70. The number of anilines is 2. The number of nitrogens with zero attached hydrogens (tertiary/aromatic N) is 5. The summed E-state index contributed by atoms with van der Waals surface area (Å²) in [6, 6.07) is 9.29. The second-order valence-corrected chi connectivity index (χ2v) is 8.41. The minimum absolute atomic E-state index is 0.185. The SMILES string of the molecule is Cc1cc(C)nc(Nc2cccc([C@H]3CCCN3C(=O)c3c(C)cc(C)n(C)c3=O)n2)n1. The highest BCUT2D eigenvalue weighted by Crippen LogP contribution is 2.33. The Kier molecular flexibility index (Phi) is 5.78. The molecule has 3 aromatic rings. The number of rotatable bonds is 4. The molecule has 0 spiro atoms. The van der Waals surface area contributed by atoms with Gasteiger partial charge < -0.3 is 14.8 Å². The third-order valence-corrected chi connectivity index (χ3v) is 5.93. The van der Waals surface area contributed by atoms with Crippen molar-refractivity contribution in [2.24, 2.45) is 7.05 Å². The van der Waals surface area contributed by atoms with E-state index in [1.807, 2.05) is 58.0 Å². The van der Waals surface area contributed by atoms with Crippen molar-refractivity contribution >= 4 is 17.7 Å². The average molecular weight is 433 g/mol. The first-order valence-electron chi connectivity index (χ1n) is 10.8. The van der Waals surface area contributed by atoms with Gasteiger partial charge in [-0.3, -0.25) is 9.59 Å². The second kappa shape index (κ2) is 8.53. The van der Waals surface area contributed by atoms with E-state index in [2.05, 4.69) is 15.3 Å². The average Bonchev–Trinajstić information content (AvgIpc) is 3.21. The third-order valence-electron chi connectivity index (χ3n) is 5.93. The van der Waals surface area contributed by atoms with E-state index in [1.165, 1.54) is 4.57 Å². The molecule has 1 saturated heterocycles. The molecule has 32 heavy (non-hydrogen) atoms. The van der Waals surface area contributed by atoms with Gasteiger partial charge in [0.2, 0.25) is 5.95 Å². The molecule has 1 aliphatic heterocycles. The first-order valence-corrected chi connectivity index (χ1v) is 10.8. The molecule has 8 nitrogen and oxygen atoms in total. The fourth-order valence-corrected chi connectivity index (χ4v) is 4.30. The number of likely N-dealkylation sites (tertiary alicyclic amines) is 1. The van der Waals surface area contributed by atoms with Gasteiger partial charge in [-0.25, -0.2) is 15.0 Å². The zero-order valence-corrected chi connectivity index (χ0v) is 19.1. The number of amides is 1. The van der Waals surface area contributed by atoms with Gasteiger partial charge in [0.15, 0.2) is 0 Å². The quantitative estimate of drug-likeness (QED) is 0.678. The molecule has 1 fully saturated rings. The fourth-order valence-electron chi connectivity index (χ4n) is 4.30. The monoisotopic (exact) mass is 432 g/mol. The molecule has 166 valence electrons. The third kappa shape index (κ3) is 4.12. The molecule has 0 unspecified atom stereocenters. The van der Waals surface area contributed by atoms with Crippen LogP contribution in [0.25, 0.3) is 0 Å². The lowest BCUT2D eigenvalue weighted by atomic mass is 10.1. The molecule has 0 aliphatic carbocycles. The largest absolute Gasteiger partial charge is 0.330 e. The van der Waals surface area contributed by atoms with Crippen molar-refractivity contribution in [2.75, 3.05) is 11.9 Å². The Morgan fingerprint density at radius 1 is 1.06 bits per heavy atom. The molecule has 1 atom stereocenters. The molecular weight excluding hydrogens is 404 g/mol. The van der Waals surface area contributed by atoms with Crippen molar-refractivity contribution in [3.05, 3.63) is 74.6 Å². The standard InChI is InChI=1S/C24H28N6O2/c1-14-12-17(4)29(5)22(31)21(14)23(32)30-11-7-9-19(30)18-8-6-10-20(27-18)28-24-25-15(2)13-16(3)26-24/h6,8,10,12-13,19H,7,9,11H2,1-5H3,(H,25,26,27,28)/t19-/m1/s1. The number of pyridine rings is 2. The highest BCUT2D eigenvalue weighted by atomic mass is 16.2. The van der Waals surface area contributed by atoms with Crippen LogP contribution in [0.5, 0.6) is 0 Å². The van der Waals surface area contributed by atoms with Crippen LogP contribution >= 0.6 is 0 Å². The van der Waals surface area contributed by atoms with Crippen LogP contribution < -0.4 is 10.9 Å². The topological polar surface area (TPSA) is 93.0 Å². The Hall–Kier alpha value is -3.55. The summed E-state index contributed by atoms with van der Waals surface area (Å²) in [5.74, 6) is 0.878. The molecule has 0 radical (unpaired) electrons. The van der Waals surface area contributed by atoms with Gasteiger partial charge >= 0.3 is 0 Å². The van der Waals surface area contributed by atoms with Crippen LogP contribution in [0.15, 0.2) is 35.1 Å². The van der Waals surface area contributed by atoms with Gasteiger partial charge in [0, 0.05) is 30.7 Å². The number of carbonyl (C=O) groups excluding carboxylic acids is 1. The predicted octanol–water partition coefficient (Wildman–Crippen LogP) is 3.52. The molecule has 4 heterocycles. The summed E-state index contributed by atoms with van der Waals surface area (Å²) in [5.41, 5.74) is 4.05. The van der Waals surface area contributed by atoms with Crippen LogP contribution in [0.1, 0.15) is 57.6 Å². The maximum atomic E-state index is 13.4. The second-order valence-electron chi connectivity index (χ2n) is 8.41. The van der Waals surface area contributed by atoms with Crippen LogP contribution in [-0.2, 0) is 7.05 Å². The minimum atomic E-state index is -0.256. The summed E-state index contributed by atoms with van der Waals surface area (Å²) in [5, 5.41) is 3.17. The first-order chi connectivity index (χ1) is 15.2. The Morgan fingerprint density at radius 2 is 1.78 bits per heavy atom. The highest BCUT2D eigenvalue weighted by Gasteiger charge is 2.33.